The molecule has 1 saturated heterocycles. The number of nitrogens with zero attached hydrogens (tertiary/aromatic N) is 2. The van der Waals surface area contributed by atoms with Crippen molar-refractivity contribution in [3.63, 3.8) is 0 Å². The van der Waals surface area contributed by atoms with E-state index >= 15 is 0 Å². The van der Waals surface area contributed by atoms with Crippen molar-refractivity contribution in [3.8, 4) is 5.75 Å². The van der Waals surface area contributed by atoms with Crippen molar-refractivity contribution in [1.82, 2.24) is 15.0 Å². The highest BCUT2D eigenvalue weighted by Crippen LogP contribution is 2.21. The van der Waals surface area contributed by atoms with Crippen LogP contribution in [0.25, 0.3) is 0 Å². The second-order valence-corrected chi connectivity index (χ2v) is 12.2. The molecule has 0 unspecified atom stereocenters. The van der Waals surface area contributed by atoms with Crippen LogP contribution in [0.2, 0.25) is 0 Å². The van der Waals surface area contributed by atoms with Gasteiger partial charge >= 0.3 is 0 Å². The van der Waals surface area contributed by atoms with Crippen molar-refractivity contribution in [1.29, 1.82) is 0 Å². The van der Waals surface area contributed by atoms with Gasteiger partial charge in [0.05, 0.1) is 23.8 Å². The van der Waals surface area contributed by atoms with Gasteiger partial charge in [0.15, 0.2) is 6.61 Å². The summed E-state index contributed by atoms with van der Waals surface area (Å²) in [5.74, 6) is -0.308. The van der Waals surface area contributed by atoms with Gasteiger partial charge in [-0.3, -0.25) is 9.59 Å². The molecule has 41 heavy (non-hydrogen) atoms. The Balaban J connectivity index is 1.29. The monoisotopic (exact) mass is 642 g/mol. The molecule has 2 N–H and O–H groups in total. The lowest BCUT2D eigenvalue weighted by Gasteiger charge is -2.21. The highest BCUT2D eigenvalue weighted by atomic mass is 79.9. The van der Waals surface area contributed by atoms with E-state index in [1.807, 2.05) is 18.2 Å². The summed E-state index contributed by atoms with van der Waals surface area (Å²) in [7, 11) is -3.96. The molecule has 1 aliphatic heterocycles. The molecule has 1 fully saturated rings. The number of hydrogen-bond donors (Lipinski definition) is 2. The van der Waals surface area contributed by atoms with Crippen LogP contribution < -0.4 is 15.5 Å². The number of hydrogen-bond acceptors (Lipinski definition) is 7. The van der Waals surface area contributed by atoms with Gasteiger partial charge in [-0.2, -0.15) is 9.41 Å². The fraction of sp³-hybridized carbons (Fsp3) is 0.276. The van der Waals surface area contributed by atoms with Crippen LogP contribution in [-0.2, 0) is 30.9 Å². The van der Waals surface area contributed by atoms with Crippen LogP contribution in [0.1, 0.15) is 24.0 Å². The molecule has 2 amide bonds. The van der Waals surface area contributed by atoms with E-state index in [1.54, 1.807) is 48.5 Å². The van der Waals surface area contributed by atoms with Gasteiger partial charge in [-0.15, -0.1) is 0 Å². The van der Waals surface area contributed by atoms with Gasteiger partial charge < -0.3 is 14.8 Å². The predicted octanol–water partition coefficient (Wildman–Crippen LogP) is 3.46. The third-order valence-corrected chi connectivity index (χ3v) is 8.51. The van der Waals surface area contributed by atoms with Crippen LogP contribution in [0, 0.1) is 0 Å². The molecular weight excluding hydrogens is 612 g/mol. The third-order valence-electron chi connectivity index (χ3n) is 6.18. The van der Waals surface area contributed by atoms with E-state index in [-0.39, 0.29) is 30.1 Å². The molecule has 1 heterocycles. The smallest absolute Gasteiger partial charge is 0.258 e. The lowest BCUT2D eigenvalue weighted by molar-refractivity contribution is -0.123. The number of benzene rings is 3. The lowest BCUT2D eigenvalue weighted by Crippen LogP contribution is -2.39. The first kappa shape index (κ1) is 30.4. The number of rotatable bonds is 13. The number of sulfonamides is 1. The quantitative estimate of drug-likeness (QED) is 0.217. The van der Waals surface area contributed by atoms with Crippen molar-refractivity contribution in [2.45, 2.75) is 30.4 Å². The minimum atomic E-state index is -3.96. The molecule has 0 spiro atoms. The summed E-state index contributed by atoms with van der Waals surface area (Å²) in [4.78, 5) is 24.8. The molecule has 0 aliphatic carbocycles. The molecule has 3 aromatic rings. The van der Waals surface area contributed by atoms with E-state index in [0.29, 0.717) is 17.9 Å². The average Bonchev–Trinajstić information content (AvgIpc) is 3.50. The average molecular weight is 644 g/mol. The number of amides is 2. The van der Waals surface area contributed by atoms with E-state index in [4.69, 9.17) is 9.47 Å². The van der Waals surface area contributed by atoms with Crippen molar-refractivity contribution < 1.29 is 27.5 Å². The maximum absolute atomic E-state index is 13.4. The van der Waals surface area contributed by atoms with Crippen molar-refractivity contribution in [2.24, 2.45) is 5.10 Å². The highest BCUT2D eigenvalue weighted by molar-refractivity contribution is 9.10. The second-order valence-electron chi connectivity index (χ2n) is 9.30. The number of halogens is 1. The van der Waals surface area contributed by atoms with Crippen LogP contribution in [0.5, 0.6) is 5.75 Å². The number of carbonyl (C=O) groups excluding carboxylic acids is 2. The van der Waals surface area contributed by atoms with Crippen molar-refractivity contribution in [2.75, 3.05) is 26.3 Å². The summed E-state index contributed by atoms with van der Waals surface area (Å²) in [5, 5.41) is 6.76. The highest BCUT2D eigenvalue weighted by Gasteiger charge is 2.27. The molecule has 4 rings (SSSR count). The second kappa shape index (κ2) is 14.9. The molecule has 0 saturated carbocycles. The first-order chi connectivity index (χ1) is 19.8. The lowest BCUT2D eigenvalue weighted by atomic mass is 10.2. The number of hydrazone groups is 1. The Hall–Kier alpha value is -3.58. The summed E-state index contributed by atoms with van der Waals surface area (Å²) in [5.41, 5.74) is 3.81. The molecule has 12 heteroatoms. The van der Waals surface area contributed by atoms with Crippen molar-refractivity contribution >= 4 is 44.0 Å². The summed E-state index contributed by atoms with van der Waals surface area (Å²) in [6.45, 7) is 0.691. The van der Waals surface area contributed by atoms with E-state index in [2.05, 4.69) is 31.8 Å². The molecule has 0 radical (unpaired) electrons. The molecule has 0 bridgehead atoms. The molecule has 1 atom stereocenters. The molecule has 1 aliphatic rings. The van der Waals surface area contributed by atoms with Crippen LogP contribution >= 0.6 is 15.9 Å². The normalized spacial score (nSPS) is 15.2. The Morgan fingerprint density at radius 2 is 1.76 bits per heavy atom. The zero-order chi connectivity index (χ0) is 29.1. The molecular formula is C29H31BrN4O6S. The number of nitrogens with one attached hydrogen (secondary N) is 2. The Kier molecular flexibility index (Phi) is 11.0. The van der Waals surface area contributed by atoms with Gasteiger partial charge in [-0.25, -0.2) is 13.8 Å². The fourth-order valence-electron chi connectivity index (χ4n) is 4.03. The van der Waals surface area contributed by atoms with Gasteiger partial charge in [0.1, 0.15) is 5.75 Å². The standard InChI is InChI=1S/C29H31BrN4O6S/c30-24-10-14-27(15-11-24)41(37,38)34(19-23-5-2-1-3-6-23)20-28(35)33-32-17-22-8-12-25(13-9-22)40-21-29(36)31-18-26-7-4-16-39-26/h1-3,5-6,8-15,17,26H,4,7,16,18-21H2,(H,31,36)(H,33,35)/b32-17+/t26-/m1/s1. The van der Waals surface area contributed by atoms with Gasteiger partial charge in [0, 0.05) is 24.2 Å². The minimum absolute atomic E-state index is 0.0181. The van der Waals surface area contributed by atoms with Crippen LogP contribution in [-0.4, -0.2) is 63.2 Å². The van der Waals surface area contributed by atoms with Crippen molar-refractivity contribution in [3.05, 3.63) is 94.5 Å². The zero-order valence-corrected chi connectivity index (χ0v) is 24.6. The summed E-state index contributed by atoms with van der Waals surface area (Å²) in [6.07, 6.45) is 3.46. The topological polar surface area (TPSA) is 126 Å². The number of ether oxygens (including phenoxy) is 2. The van der Waals surface area contributed by atoms with Crippen LogP contribution in [0.3, 0.4) is 0 Å². The molecule has 3 aromatic carbocycles. The predicted molar refractivity (Wildman–Crippen MR) is 158 cm³/mol. The first-order valence-corrected chi connectivity index (χ1v) is 15.3. The summed E-state index contributed by atoms with van der Waals surface area (Å²) in [6, 6.07) is 22.1. The van der Waals surface area contributed by atoms with Gasteiger partial charge in [0.25, 0.3) is 11.8 Å². The van der Waals surface area contributed by atoms with E-state index in [9.17, 15) is 18.0 Å². The summed E-state index contributed by atoms with van der Waals surface area (Å²) >= 11 is 3.31. The Bertz CT molecular complexity index is 1430. The fourth-order valence-corrected chi connectivity index (χ4v) is 5.67. The third kappa shape index (κ3) is 9.49. The maximum Gasteiger partial charge on any atom is 0.258 e. The minimum Gasteiger partial charge on any atom is -0.484 e. The SMILES string of the molecule is O=C(COc1ccc(/C=N/NC(=O)CN(Cc2ccccc2)S(=O)(=O)c2ccc(Br)cc2)cc1)NC[C@H]1CCCO1. The van der Waals surface area contributed by atoms with Crippen LogP contribution in [0.4, 0.5) is 0 Å². The van der Waals surface area contributed by atoms with E-state index < -0.39 is 22.5 Å². The molecule has 0 aromatic heterocycles. The molecule has 10 nitrogen and oxygen atoms in total. The first-order valence-electron chi connectivity index (χ1n) is 13.0. The Morgan fingerprint density at radius 1 is 1.02 bits per heavy atom. The Labute approximate surface area is 247 Å². The van der Waals surface area contributed by atoms with Gasteiger partial charge in [-0.05, 0) is 72.5 Å². The Morgan fingerprint density at radius 3 is 2.44 bits per heavy atom. The van der Waals surface area contributed by atoms with E-state index in [0.717, 1.165) is 33.8 Å². The van der Waals surface area contributed by atoms with Gasteiger partial charge in [-0.1, -0.05) is 46.3 Å². The zero-order valence-electron chi connectivity index (χ0n) is 22.2. The van der Waals surface area contributed by atoms with Gasteiger partial charge in [0.2, 0.25) is 10.0 Å². The van der Waals surface area contributed by atoms with Crippen LogP contribution in [0.15, 0.2) is 93.3 Å². The number of carbonyl (C=O) groups is 2. The summed E-state index contributed by atoms with van der Waals surface area (Å²) < 4.78 is 39.6. The van der Waals surface area contributed by atoms with E-state index in [1.165, 1.54) is 18.3 Å². The maximum atomic E-state index is 13.4. The largest absolute Gasteiger partial charge is 0.484 e. The molecule has 216 valence electrons.